The molecule has 7 nitrogen and oxygen atoms in total. The molecule has 8 heteroatoms. The lowest BCUT2D eigenvalue weighted by molar-refractivity contribution is 0.180. The Kier molecular flexibility index (Phi) is 5.41. The molecule has 0 radical (unpaired) electrons. The first kappa shape index (κ1) is 19.2. The van der Waals surface area contributed by atoms with Gasteiger partial charge in [0.1, 0.15) is 6.17 Å². The van der Waals surface area contributed by atoms with Crippen LogP contribution >= 0.6 is 11.6 Å². The predicted octanol–water partition coefficient (Wildman–Crippen LogP) is 0.832. The summed E-state index contributed by atoms with van der Waals surface area (Å²) < 4.78 is 0. The molecule has 4 aliphatic rings. The normalized spacial score (nSPS) is 27.4. The molecule has 156 valence electrons. The van der Waals surface area contributed by atoms with Crippen molar-refractivity contribution < 1.29 is 0 Å². The minimum Gasteiger partial charge on any atom is -0.383 e. The smallest absolute Gasteiger partial charge is 0.121 e. The van der Waals surface area contributed by atoms with Crippen molar-refractivity contribution in [3.05, 3.63) is 52.4 Å². The van der Waals surface area contributed by atoms with Crippen LogP contribution in [0.15, 0.2) is 41.9 Å². The Balaban J connectivity index is 1.44. The number of halogens is 1. The summed E-state index contributed by atoms with van der Waals surface area (Å²) >= 11 is 6.14. The van der Waals surface area contributed by atoms with E-state index in [0.29, 0.717) is 12.6 Å². The number of nitrogens with two attached hydrogens (primary N) is 1. The number of allylic oxidation sites excluding steroid dienone is 1. The summed E-state index contributed by atoms with van der Waals surface area (Å²) in [5.74, 6) is 0.717. The largest absolute Gasteiger partial charge is 0.383 e. The van der Waals surface area contributed by atoms with Crippen molar-refractivity contribution in [2.24, 2.45) is 11.7 Å². The van der Waals surface area contributed by atoms with E-state index in [0.717, 1.165) is 37.7 Å². The molecule has 1 saturated carbocycles. The van der Waals surface area contributed by atoms with E-state index in [1.54, 1.807) is 0 Å². The molecule has 2 unspecified atom stereocenters. The predicted molar refractivity (Wildman–Crippen MR) is 116 cm³/mol. The van der Waals surface area contributed by atoms with Gasteiger partial charge in [-0.3, -0.25) is 15.5 Å². The van der Waals surface area contributed by atoms with Crippen LogP contribution in [-0.2, 0) is 0 Å². The maximum atomic E-state index is 6.14. The maximum Gasteiger partial charge on any atom is 0.121 e. The third-order valence-electron chi connectivity index (χ3n) is 6.17. The molecule has 0 amide bonds. The number of hydrogen-bond acceptors (Lipinski definition) is 7. The number of piperazine rings is 1. The number of nitrogens with one attached hydrogen (secondary N) is 4. The Hall–Kier alpha value is -1.77. The SMILES string of the molecule is NCNC1CN(CC2=C(c3ccc(Cl)cc3)NC3CNC(C4CC4)=CN23)CCN1. The van der Waals surface area contributed by atoms with Gasteiger partial charge in [-0.1, -0.05) is 23.7 Å². The van der Waals surface area contributed by atoms with Crippen LogP contribution in [0.1, 0.15) is 18.4 Å². The Morgan fingerprint density at radius 3 is 2.79 bits per heavy atom. The lowest BCUT2D eigenvalue weighted by Crippen LogP contribution is -2.58. The fourth-order valence-electron chi connectivity index (χ4n) is 4.48. The maximum absolute atomic E-state index is 6.14. The van der Waals surface area contributed by atoms with Crippen LogP contribution in [0.5, 0.6) is 0 Å². The molecule has 2 fully saturated rings. The second-order valence-corrected chi connectivity index (χ2v) is 8.72. The summed E-state index contributed by atoms with van der Waals surface area (Å²) in [5.41, 5.74) is 10.8. The van der Waals surface area contributed by atoms with Gasteiger partial charge in [-0.15, -0.1) is 0 Å². The van der Waals surface area contributed by atoms with E-state index in [9.17, 15) is 0 Å². The lowest BCUT2D eigenvalue weighted by atomic mass is 10.1. The van der Waals surface area contributed by atoms with Crippen molar-refractivity contribution >= 4 is 17.3 Å². The quantitative estimate of drug-likeness (QED) is 0.440. The van der Waals surface area contributed by atoms with Gasteiger partial charge in [-0.05, 0) is 30.5 Å². The third kappa shape index (κ3) is 4.11. The monoisotopic (exact) mass is 415 g/mol. The molecule has 3 heterocycles. The molecule has 3 aliphatic heterocycles. The number of benzene rings is 1. The molecule has 6 N–H and O–H groups in total. The first-order chi connectivity index (χ1) is 14.2. The molecule has 1 saturated heterocycles. The summed E-state index contributed by atoms with van der Waals surface area (Å²) in [4.78, 5) is 4.97. The van der Waals surface area contributed by atoms with Gasteiger partial charge < -0.3 is 21.3 Å². The Bertz CT molecular complexity index is 800. The van der Waals surface area contributed by atoms with Gasteiger partial charge in [-0.25, -0.2) is 0 Å². The van der Waals surface area contributed by atoms with Gasteiger partial charge in [0.15, 0.2) is 0 Å². The van der Waals surface area contributed by atoms with Gasteiger partial charge >= 0.3 is 0 Å². The highest BCUT2D eigenvalue weighted by Crippen LogP contribution is 2.39. The Labute approximate surface area is 177 Å². The minimum atomic E-state index is 0.235. The van der Waals surface area contributed by atoms with Crippen LogP contribution < -0.4 is 27.0 Å². The van der Waals surface area contributed by atoms with Crippen LogP contribution in [0.3, 0.4) is 0 Å². The van der Waals surface area contributed by atoms with Crippen molar-refractivity contribution in [3.8, 4) is 0 Å². The molecule has 5 rings (SSSR count). The lowest BCUT2D eigenvalue weighted by Gasteiger charge is -2.37. The summed E-state index contributed by atoms with van der Waals surface area (Å²) in [7, 11) is 0. The zero-order valence-electron chi connectivity index (χ0n) is 16.6. The molecule has 29 heavy (non-hydrogen) atoms. The number of rotatable bonds is 6. The average molecular weight is 416 g/mol. The highest BCUT2D eigenvalue weighted by Gasteiger charge is 2.37. The molecule has 1 aliphatic carbocycles. The highest BCUT2D eigenvalue weighted by molar-refractivity contribution is 6.30. The van der Waals surface area contributed by atoms with Crippen LogP contribution in [0.4, 0.5) is 0 Å². The third-order valence-corrected chi connectivity index (χ3v) is 6.42. The van der Waals surface area contributed by atoms with Gasteiger partial charge in [0.25, 0.3) is 0 Å². The van der Waals surface area contributed by atoms with E-state index in [1.807, 2.05) is 12.1 Å². The van der Waals surface area contributed by atoms with Crippen molar-refractivity contribution in [1.29, 1.82) is 0 Å². The number of nitrogens with zero attached hydrogens (tertiary/aromatic N) is 2. The van der Waals surface area contributed by atoms with Crippen molar-refractivity contribution in [2.75, 3.05) is 39.4 Å². The van der Waals surface area contributed by atoms with E-state index in [2.05, 4.69) is 49.4 Å². The van der Waals surface area contributed by atoms with Crippen LogP contribution in [0.25, 0.3) is 5.70 Å². The summed E-state index contributed by atoms with van der Waals surface area (Å²) in [6.07, 6.45) is 5.43. The number of hydrogen-bond donors (Lipinski definition) is 5. The molecule has 2 atom stereocenters. The van der Waals surface area contributed by atoms with Crippen LogP contribution in [0.2, 0.25) is 5.02 Å². The van der Waals surface area contributed by atoms with E-state index >= 15 is 0 Å². The average Bonchev–Trinajstić information content (AvgIpc) is 3.52. The van der Waals surface area contributed by atoms with Gasteiger partial charge in [-0.2, -0.15) is 0 Å². The standard InChI is InChI=1S/C21H30ClN7/c22-16-5-3-15(4-6-16)21-18(11-28-8-7-24-19(12-28)26-13-23)29-10-17(14-1-2-14)25-9-20(29)27-21/h3-6,10,14,19-20,24-27H,1-2,7-9,11-13,23H2. The fourth-order valence-corrected chi connectivity index (χ4v) is 4.61. The van der Waals surface area contributed by atoms with E-state index < -0.39 is 0 Å². The summed E-state index contributed by atoms with van der Waals surface area (Å²) in [6, 6.07) is 8.16. The first-order valence-corrected chi connectivity index (χ1v) is 11.0. The fraction of sp³-hybridized carbons (Fsp3) is 0.524. The number of fused-ring (bicyclic) bond motifs is 1. The molecule has 1 aromatic carbocycles. The van der Waals surface area contributed by atoms with Crippen molar-refractivity contribution in [2.45, 2.75) is 25.2 Å². The van der Waals surface area contributed by atoms with E-state index in [-0.39, 0.29) is 12.3 Å². The zero-order chi connectivity index (χ0) is 19.8. The van der Waals surface area contributed by atoms with Gasteiger partial charge in [0.05, 0.1) is 24.1 Å². The Morgan fingerprint density at radius 2 is 2.03 bits per heavy atom. The van der Waals surface area contributed by atoms with Gasteiger partial charge in [0.2, 0.25) is 0 Å². The molecule has 1 aromatic rings. The van der Waals surface area contributed by atoms with Gasteiger partial charge in [0, 0.05) is 55.7 Å². The second-order valence-electron chi connectivity index (χ2n) is 8.29. The molecule has 0 bridgehead atoms. The Morgan fingerprint density at radius 1 is 1.21 bits per heavy atom. The van der Waals surface area contributed by atoms with Crippen molar-refractivity contribution in [1.82, 2.24) is 31.1 Å². The van der Waals surface area contributed by atoms with Crippen LogP contribution in [0, 0.1) is 5.92 Å². The van der Waals surface area contributed by atoms with Crippen molar-refractivity contribution in [3.63, 3.8) is 0 Å². The second kappa shape index (κ2) is 8.16. The molecule has 0 aromatic heterocycles. The first-order valence-electron chi connectivity index (χ1n) is 10.6. The molecule has 0 spiro atoms. The van der Waals surface area contributed by atoms with Crippen LogP contribution in [-0.4, -0.2) is 61.5 Å². The van der Waals surface area contributed by atoms with E-state index in [4.69, 9.17) is 17.3 Å². The molecular formula is C21H30ClN7. The highest BCUT2D eigenvalue weighted by atomic mass is 35.5. The summed E-state index contributed by atoms with van der Waals surface area (Å²) in [5, 5.41) is 15.0. The minimum absolute atomic E-state index is 0.235. The van der Waals surface area contributed by atoms with E-state index in [1.165, 1.54) is 35.5 Å². The molecular weight excluding hydrogens is 386 g/mol. The topological polar surface area (TPSA) is 80.6 Å². The zero-order valence-corrected chi connectivity index (χ0v) is 17.4. The summed E-state index contributed by atoms with van der Waals surface area (Å²) in [6.45, 7) is 5.23.